The second kappa shape index (κ2) is 7.84. The molecule has 0 saturated heterocycles. The Morgan fingerprint density at radius 3 is 2.21 bits per heavy atom. The van der Waals surface area contributed by atoms with Crippen LogP contribution in [-0.4, -0.2) is 15.4 Å². The van der Waals surface area contributed by atoms with Crippen LogP contribution in [0.5, 0.6) is 0 Å². The van der Waals surface area contributed by atoms with E-state index in [0.29, 0.717) is 10.9 Å². The van der Waals surface area contributed by atoms with Crippen molar-refractivity contribution in [1.29, 1.82) is 0 Å². The molecule has 0 radical (unpaired) electrons. The molecule has 0 spiro atoms. The molecule has 6 nitrogen and oxygen atoms in total. The third-order valence-corrected chi connectivity index (χ3v) is 4.94. The van der Waals surface area contributed by atoms with Crippen molar-refractivity contribution >= 4 is 28.2 Å². The Balaban J connectivity index is 1.91. The van der Waals surface area contributed by atoms with Crippen molar-refractivity contribution in [2.24, 2.45) is 0 Å². The lowest BCUT2D eigenvalue weighted by molar-refractivity contribution is -0.383. The van der Waals surface area contributed by atoms with Crippen LogP contribution in [0.25, 0.3) is 10.9 Å². The molecule has 0 aliphatic heterocycles. The minimum atomic E-state index is -0.402. The molecule has 0 fully saturated rings. The highest BCUT2D eigenvalue weighted by Crippen LogP contribution is 2.32. The van der Waals surface area contributed by atoms with Gasteiger partial charge in [0.1, 0.15) is 6.54 Å². The predicted octanol–water partition coefficient (Wildman–Crippen LogP) is 5.44. The normalized spacial score (nSPS) is 11.4. The predicted molar refractivity (Wildman–Crippen MR) is 112 cm³/mol. The van der Waals surface area contributed by atoms with Crippen LogP contribution in [0.4, 0.5) is 11.4 Å². The fourth-order valence-corrected chi connectivity index (χ4v) is 3.53. The van der Waals surface area contributed by atoms with Crippen LogP contribution in [0, 0.1) is 10.1 Å². The molecule has 0 bridgehead atoms. The zero-order valence-electron chi connectivity index (χ0n) is 16.6. The molecule has 1 amide bonds. The van der Waals surface area contributed by atoms with Crippen molar-refractivity contribution in [1.82, 2.24) is 4.57 Å². The smallest absolute Gasteiger partial charge is 0.278 e. The van der Waals surface area contributed by atoms with Gasteiger partial charge in [0.05, 0.1) is 15.8 Å². The Morgan fingerprint density at radius 2 is 1.64 bits per heavy atom. The Bertz CT molecular complexity index is 1010. The average molecular weight is 379 g/mol. The molecule has 0 saturated carbocycles. The molecule has 0 unspecified atom stereocenters. The summed E-state index contributed by atoms with van der Waals surface area (Å²) in [5.41, 5.74) is 3.80. The number of nitrogens with one attached hydrogen (secondary N) is 1. The summed E-state index contributed by atoms with van der Waals surface area (Å²) < 4.78 is 1.74. The highest BCUT2D eigenvalue weighted by molar-refractivity contribution is 5.95. The van der Waals surface area contributed by atoms with Crippen molar-refractivity contribution in [3.63, 3.8) is 0 Å². The number of nitrogens with zero attached hydrogens (tertiary/aromatic N) is 2. The number of benzene rings is 2. The van der Waals surface area contributed by atoms with E-state index in [1.54, 1.807) is 29.0 Å². The summed E-state index contributed by atoms with van der Waals surface area (Å²) in [5, 5.41) is 14.8. The van der Waals surface area contributed by atoms with Crippen LogP contribution in [0.2, 0.25) is 0 Å². The number of aromatic nitrogens is 1. The number of nitro groups is 1. The summed E-state index contributed by atoms with van der Waals surface area (Å²) in [5.74, 6) is 0.409. The first-order chi connectivity index (χ1) is 13.3. The van der Waals surface area contributed by atoms with Crippen molar-refractivity contribution in [3.8, 4) is 0 Å². The Hall–Kier alpha value is -3.15. The SMILES string of the molecule is CC(C)c1cccc(C(C)C)c1NC(=O)Cn1ccc2c([N+](=O)[O-])cccc21. The summed E-state index contributed by atoms with van der Waals surface area (Å²) in [6.45, 7) is 8.51. The van der Waals surface area contributed by atoms with E-state index in [1.165, 1.54) is 6.07 Å². The summed E-state index contributed by atoms with van der Waals surface area (Å²) in [7, 11) is 0. The molecular weight excluding hydrogens is 354 g/mol. The van der Waals surface area contributed by atoms with E-state index in [1.807, 2.05) is 18.2 Å². The van der Waals surface area contributed by atoms with Gasteiger partial charge in [0, 0.05) is 18.0 Å². The van der Waals surface area contributed by atoms with Crippen molar-refractivity contribution in [2.75, 3.05) is 5.32 Å². The fraction of sp³-hybridized carbons (Fsp3) is 0.318. The monoisotopic (exact) mass is 379 g/mol. The van der Waals surface area contributed by atoms with E-state index in [9.17, 15) is 14.9 Å². The average Bonchev–Trinajstić information content (AvgIpc) is 3.04. The van der Waals surface area contributed by atoms with Crippen molar-refractivity contribution in [2.45, 2.75) is 46.1 Å². The lowest BCUT2D eigenvalue weighted by Gasteiger charge is -2.20. The van der Waals surface area contributed by atoms with E-state index in [0.717, 1.165) is 16.8 Å². The van der Waals surface area contributed by atoms with Gasteiger partial charge in [0.15, 0.2) is 0 Å². The Kier molecular flexibility index (Phi) is 5.49. The first-order valence-electron chi connectivity index (χ1n) is 9.44. The third-order valence-electron chi connectivity index (χ3n) is 4.94. The third kappa shape index (κ3) is 3.76. The summed E-state index contributed by atoms with van der Waals surface area (Å²) in [6.07, 6.45) is 1.72. The highest BCUT2D eigenvalue weighted by atomic mass is 16.6. The molecule has 1 heterocycles. The molecule has 6 heteroatoms. The van der Waals surface area contributed by atoms with E-state index in [2.05, 4.69) is 33.0 Å². The minimum Gasteiger partial charge on any atom is -0.338 e. The van der Waals surface area contributed by atoms with E-state index in [4.69, 9.17) is 0 Å². The number of carbonyl (C=O) groups is 1. The van der Waals surface area contributed by atoms with Crippen molar-refractivity contribution < 1.29 is 9.72 Å². The number of anilines is 1. The van der Waals surface area contributed by atoms with Gasteiger partial charge in [-0.1, -0.05) is 52.0 Å². The maximum atomic E-state index is 12.8. The van der Waals surface area contributed by atoms with Gasteiger partial charge in [-0.2, -0.15) is 0 Å². The molecule has 0 aliphatic carbocycles. The van der Waals surface area contributed by atoms with Gasteiger partial charge in [0.25, 0.3) is 5.69 Å². The number of nitro benzene ring substituents is 1. The first kappa shape index (κ1) is 19.6. The number of hydrogen-bond acceptors (Lipinski definition) is 3. The van der Waals surface area contributed by atoms with Crippen LogP contribution < -0.4 is 5.32 Å². The number of carbonyl (C=O) groups excluding carboxylic acids is 1. The van der Waals surface area contributed by atoms with Crippen LogP contribution in [0.1, 0.15) is 50.7 Å². The van der Waals surface area contributed by atoms with Gasteiger partial charge in [-0.3, -0.25) is 14.9 Å². The molecule has 2 aromatic carbocycles. The number of amides is 1. The summed E-state index contributed by atoms with van der Waals surface area (Å²) in [6, 6.07) is 12.7. The van der Waals surface area contributed by atoms with Gasteiger partial charge < -0.3 is 9.88 Å². The van der Waals surface area contributed by atoms with Crippen LogP contribution in [0.15, 0.2) is 48.7 Å². The molecule has 3 rings (SSSR count). The van der Waals surface area contributed by atoms with Gasteiger partial charge >= 0.3 is 0 Å². The Labute approximate surface area is 164 Å². The van der Waals surface area contributed by atoms with E-state index >= 15 is 0 Å². The molecule has 146 valence electrons. The van der Waals surface area contributed by atoms with E-state index in [-0.39, 0.29) is 30.0 Å². The molecule has 28 heavy (non-hydrogen) atoms. The molecule has 1 N–H and O–H groups in total. The molecule has 3 aromatic rings. The van der Waals surface area contributed by atoms with Gasteiger partial charge in [-0.05, 0) is 35.1 Å². The second-order valence-electron chi connectivity index (χ2n) is 7.58. The largest absolute Gasteiger partial charge is 0.338 e. The highest BCUT2D eigenvalue weighted by Gasteiger charge is 2.18. The number of para-hydroxylation sites is 1. The number of fused-ring (bicyclic) bond motifs is 1. The number of rotatable bonds is 6. The van der Waals surface area contributed by atoms with Gasteiger partial charge in [-0.25, -0.2) is 0 Å². The lowest BCUT2D eigenvalue weighted by Crippen LogP contribution is -2.20. The fourth-order valence-electron chi connectivity index (χ4n) is 3.53. The maximum absolute atomic E-state index is 12.8. The quantitative estimate of drug-likeness (QED) is 0.458. The van der Waals surface area contributed by atoms with E-state index < -0.39 is 4.92 Å². The molecule has 0 aliphatic rings. The second-order valence-corrected chi connectivity index (χ2v) is 7.58. The van der Waals surface area contributed by atoms with Crippen LogP contribution >= 0.6 is 0 Å². The zero-order valence-corrected chi connectivity index (χ0v) is 16.6. The summed E-state index contributed by atoms with van der Waals surface area (Å²) >= 11 is 0. The zero-order chi connectivity index (χ0) is 20.4. The van der Waals surface area contributed by atoms with Crippen LogP contribution in [-0.2, 0) is 11.3 Å². The standard InChI is InChI=1S/C22H25N3O3/c1-14(2)16-7-5-8-17(15(3)4)22(16)23-21(26)13-24-12-11-18-19(24)9-6-10-20(18)25(27)28/h5-12,14-15H,13H2,1-4H3,(H,23,26). The Morgan fingerprint density at radius 1 is 1.04 bits per heavy atom. The molecular formula is C22H25N3O3. The molecule has 0 atom stereocenters. The van der Waals surface area contributed by atoms with Crippen molar-refractivity contribution in [3.05, 3.63) is 69.9 Å². The van der Waals surface area contributed by atoms with Gasteiger partial charge in [-0.15, -0.1) is 0 Å². The molecule has 1 aromatic heterocycles. The lowest BCUT2D eigenvalue weighted by atomic mass is 9.92. The number of hydrogen-bond donors (Lipinski definition) is 1. The maximum Gasteiger partial charge on any atom is 0.278 e. The van der Waals surface area contributed by atoms with Crippen LogP contribution in [0.3, 0.4) is 0 Å². The number of non-ortho nitro benzene ring substituents is 1. The first-order valence-corrected chi connectivity index (χ1v) is 9.44. The van der Waals surface area contributed by atoms with Gasteiger partial charge in [0.2, 0.25) is 5.91 Å². The topological polar surface area (TPSA) is 77.2 Å². The minimum absolute atomic E-state index is 0.0453. The summed E-state index contributed by atoms with van der Waals surface area (Å²) in [4.78, 5) is 23.6.